The fraction of sp³-hybridized carbons (Fsp3) is 0.333. The largest absolute Gasteiger partial charge is 0.328 e. The van der Waals surface area contributed by atoms with E-state index < -0.39 is 5.92 Å². The second-order valence-electron chi connectivity index (χ2n) is 6.91. The predicted octanol–water partition coefficient (Wildman–Crippen LogP) is 2.37. The second kappa shape index (κ2) is 5.94. The van der Waals surface area contributed by atoms with Crippen LogP contribution in [0.1, 0.15) is 26.7 Å². The maximum absolute atomic E-state index is 12.6. The molecule has 1 N–H and O–H groups in total. The quantitative estimate of drug-likeness (QED) is 0.508. The van der Waals surface area contributed by atoms with Gasteiger partial charge in [0.15, 0.2) is 5.11 Å². The summed E-state index contributed by atoms with van der Waals surface area (Å²) in [5.74, 6) is -1.52. The van der Waals surface area contributed by atoms with Crippen LogP contribution in [0, 0.1) is 11.3 Å². The molecule has 1 heterocycles. The minimum Gasteiger partial charge on any atom is -0.328 e. The number of allylic oxidation sites excluding steroid dienone is 1. The van der Waals surface area contributed by atoms with Crippen molar-refractivity contribution in [3.8, 4) is 0 Å². The molecule has 2 fully saturated rings. The Hall–Kier alpha value is -2.34. The number of Topliss-reactive ketones (excluding diaryl/α,β-unsaturated/α-hetero) is 2. The van der Waals surface area contributed by atoms with Gasteiger partial charge in [0.2, 0.25) is 0 Å². The number of ketones is 2. The number of para-hydroxylation sites is 1. The van der Waals surface area contributed by atoms with Gasteiger partial charge in [-0.25, -0.2) is 0 Å². The van der Waals surface area contributed by atoms with Gasteiger partial charge in [0, 0.05) is 12.8 Å². The van der Waals surface area contributed by atoms with Gasteiger partial charge in [-0.15, -0.1) is 0 Å². The molecule has 1 aliphatic heterocycles. The molecule has 124 valence electrons. The van der Waals surface area contributed by atoms with Crippen LogP contribution >= 0.6 is 12.2 Å². The van der Waals surface area contributed by atoms with E-state index >= 15 is 0 Å². The molecule has 1 saturated heterocycles. The van der Waals surface area contributed by atoms with Crippen LogP contribution in [0.5, 0.6) is 0 Å². The summed E-state index contributed by atoms with van der Waals surface area (Å²) >= 11 is 5.22. The minimum atomic E-state index is -0.872. The Morgan fingerprint density at radius 2 is 1.71 bits per heavy atom. The highest BCUT2D eigenvalue weighted by Crippen LogP contribution is 2.35. The Morgan fingerprint density at radius 3 is 2.29 bits per heavy atom. The van der Waals surface area contributed by atoms with E-state index in [4.69, 9.17) is 12.2 Å². The van der Waals surface area contributed by atoms with Crippen LogP contribution in [-0.2, 0) is 14.4 Å². The first kappa shape index (κ1) is 16.5. The molecule has 0 bridgehead atoms. The first-order valence-corrected chi connectivity index (χ1v) is 8.17. The number of rotatable bonds is 2. The third kappa shape index (κ3) is 3.01. The summed E-state index contributed by atoms with van der Waals surface area (Å²) in [6.07, 6.45) is 2.08. The van der Waals surface area contributed by atoms with Crippen LogP contribution in [0.2, 0.25) is 0 Å². The van der Waals surface area contributed by atoms with Crippen LogP contribution in [0.3, 0.4) is 0 Å². The summed E-state index contributed by atoms with van der Waals surface area (Å²) in [5, 5.41) is 3.07. The summed E-state index contributed by atoms with van der Waals surface area (Å²) < 4.78 is 0. The van der Waals surface area contributed by atoms with Crippen molar-refractivity contribution in [2.75, 3.05) is 4.90 Å². The molecule has 6 heteroatoms. The van der Waals surface area contributed by atoms with Crippen molar-refractivity contribution in [3.63, 3.8) is 0 Å². The van der Waals surface area contributed by atoms with Gasteiger partial charge >= 0.3 is 0 Å². The van der Waals surface area contributed by atoms with Gasteiger partial charge in [0.1, 0.15) is 17.3 Å². The van der Waals surface area contributed by atoms with E-state index in [2.05, 4.69) is 5.32 Å². The van der Waals surface area contributed by atoms with Gasteiger partial charge in [-0.05, 0) is 35.8 Å². The van der Waals surface area contributed by atoms with Crippen molar-refractivity contribution in [2.24, 2.45) is 11.3 Å². The van der Waals surface area contributed by atoms with E-state index in [1.54, 1.807) is 12.1 Å². The Bertz CT molecular complexity index is 748. The molecule has 3 rings (SSSR count). The maximum Gasteiger partial charge on any atom is 0.280 e. The molecular weight excluding hydrogens is 324 g/mol. The van der Waals surface area contributed by atoms with Gasteiger partial charge < -0.3 is 5.32 Å². The lowest BCUT2D eigenvalue weighted by Crippen LogP contribution is -2.37. The van der Waals surface area contributed by atoms with Crippen LogP contribution in [0.25, 0.3) is 0 Å². The first-order chi connectivity index (χ1) is 11.3. The van der Waals surface area contributed by atoms with Crippen LogP contribution in [-0.4, -0.2) is 22.6 Å². The summed E-state index contributed by atoms with van der Waals surface area (Å²) in [6.45, 7) is 3.80. The number of carbonyl (C=O) groups excluding carboxylic acids is 3. The summed E-state index contributed by atoms with van der Waals surface area (Å²) in [4.78, 5) is 38.6. The average Bonchev–Trinajstić information content (AvgIpc) is 2.77. The van der Waals surface area contributed by atoms with Gasteiger partial charge in [0.05, 0.1) is 11.6 Å². The zero-order valence-corrected chi connectivity index (χ0v) is 14.4. The monoisotopic (exact) mass is 342 g/mol. The molecule has 1 aliphatic carbocycles. The standard InChI is InChI=1S/C18H18N2O3S/c1-18(2)9-14(21)12(15(22)10-18)8-13-16(23)20(17(24)19-13)11-6-4-3-5-7-11/h3-8,12H,9-10H2,1-2H3,(H,19,24)/b13-8-. The molecule has 0 spiro atoms. The average molecular weight is 342 g/mol. The van der Waals surface area contributed by atoms with E-state index in [1.807, 2.05) is 32.0 Å². The smallest absolute Gasteiger partial charge is 0.280 e. The van der Waals surface area contributed by atoms with E-state index in [0.29, 0.717) is 18.5 Å². The zero-order chi connectivity index (χ0) is 17.5. The minimum absolute atomic E-state index is 0.151. The van der Waals surface area contributed by atoms with Crippen molar-refractivity contribution >= 4 is 40.5 Å². The second-order valence-corrected chi connectivity index (χ2v) is 7.30. The van der Waals surface area contributed by atoms with Gasteiger partial charge in [-0.3, -0.25) is 19.3 Å². The molecule has 1 saturated carbocycles. The Labute approximate surface area is 145 Å². The van der Waals surface area contributed by atoms with Crippen molar-refractivity contribution < 1.29 is 14.4 Å². The van der Waals surface area contributed by atoms with Crippen molar-refractivity contribution in [1.82, 2.24) is 5.32 Å². The Kier molecular flexibility index (Phi) is 4.09. The zero-order valence-electron chi connectivity index (χ0n) is 13.5. The molecule has 1 aromatic rings. The molecule has 0 atom stereocenters. The number of carbonyl (C=O) groups is 3. The number of hydrogen-bond acceptors (Lipinski definition) is 4. The topological polar surface area (TPSA) is 66.5 Å². The third-order valence-electron chi connectivity index (χ3n) is 4.23. The highest BCUT2D eigenvalue weighted by molar-refractivity contribution is 7.80. The van der Waals surface area contributed by atoms with Crippen molar-refractivity contribution in [3.05, 3.63) is 42.1 Å². The van der Waals surface area contributed by atoms with E-state index in [1.165, 1.54) is 11.0 Å². The number of hydrogen-bond donors (Lipinski definition) is 1. The third-order valence-corrected chi connectivity index (χ3v) is 4.51. The predicted molar refractivity (Wildman–Crippen MR) is 94.3 cm³/mol. The van der Waals surface area contributed by atoms with Gasteiger partial charge in [0.25, 0.3) is 5.91 Å². The molecule has 0 unspecified atom stereocenters. The van der Waals surface area contributed by atoms with E-state index in [9.17, 15) is 14.4 Å². The fourth-order valence-corrected chi connectivity index (χ4v) is 3.42. The first-order valence-electron chi connectivity index (χ1n) is 7.76. The Balaban J connectivity index is 1.87. The lowest BCUT2D eigenvalue weighted by Gasteiger charge is -2.30. The van der Waals surface area contributed by atoms with E-state index in [-0.39, 0.29) is 33.7 Å². The number of nitrogens with one attached hydrogen (secondary N) is 1. The number of amides is 1. The highest BCUT2D eigenvalue weighted by atomic mass is 32.1. The van der Waals surface area contributed by atoms with Crippen molar-refractivity contribution in [1.29, 1.82) is 0 Å². The fourth-order valence-electron chi connectivity index (χ4n) is 3.12. The maximum atomic E-state index is 12.6. The molecule has 24 heavy (non-hydrogen) atoms. The highest BCUT2D eigenvalue weighted by Gasteiger charge is 2.40. The molecule has 0 radical (unpaired) electrons. The molecule has 2 aliphatic rings. The van der Waals surface area contributed by atoms with Gasteiger partial charge in [-0.1, -0.05) is 32.0 Å². The molecular formula is C18H18N2O3S. The molecule has 1 aromatic carbocycles. The van der Waals surface area contributed by atoms with Crippen LogP contribution in [0.15, 0.2) is 42.1 Å². The van der Waals surface area contributed by atoms with E-state index in [0.717, 1.165) is 0 Å². The van der Waals surface area contributed by atoms with Crippen LogP contribution < -0.4 is 10.2 Å². The normalized spacial score (nSPS) is 23.1. The molecule has 5 nitrogen and oxygen atoms in total. The number of benzene rings is 1. The lowest BCUT2D eigenvalue weighted by atomic mass is 9.71. The van der Waals surface area contributed by atoms with Crippen molar-refractivity contribution in [2.45, 2.75) is 26.7 Å². The summed E-state index contributed by atoms with van der Waals surface area (Å²) in [7, 11) is 0. The summed E-state index contributed by atoms with van der Waals surface area (Å²) in [5.41, 5.74) is 0.517. The molecule has 1 amide bonds. The van der Waals surface area contributed by atoms with Crippen LogP contribution in [0.4, 0.5) is 5.69 Å². The van der Waals surface area contributed by atoms with Gasteiger partial charge in [-0.2, -0.15) is 0 Å². The molecule has 0 aromatic heterocycles. The Morgan fingerprint density at radius 1 is 1.12 bits per heavy atom. The number of anilines is 1. The SMILES string of the molecule is CC1(C)CC(=O)C(/C=C2\NC(=S)N(c3ccccc3)C2=O)C(=O)C1. The number of nitrogens with zero attached hydrogens (tertiary/aromatic N) is 1. The number of thiocarbonyl (C=S) groups is 1. The summed E-state index contributed by atoms with van der Waals surface area (Å²) in [6, 6.07) is 9.01. The lowest BCUT2D eigenvalue weighted by molar-refractivity contribution is -0.137.